The van der Waals surface area contributed by atoms with Crippen LogP contribution in [0.3, 0.4) is 0 Å². The Hall–Kier alpha value is -2.60. The first-order valence-electron chi connectivity index (χ1n) is 9.79. The number of hydrogen-bond donors (Lipinski definition) is 0. The van der Waals surface area contributed by atoms with Crippen molar-refractivity contribution >= 4 is 21.5 Å². The number of rotatable bonds is 5. The smallest absolute Gasteiger partial charge is 0.00238 e. The molecule has 0 nitrogen and oxygen atoms in total. The molecule has 4 aromatic rings. The van der Waals surface area contributed by atoms with E-state index in [1.165, 1.54) is 63.1 Å². The van der Waals surface area contributed by atoms with Crippen LogP contribution in [0.4, 0.5) is 0 Å². The van der Waals surface area contributed by atoms with Crippen LogP contribution in [0.5, 0.6) is 0 Å². The van der Waals surface area contributed by atoms with Gasteiger partial charge in [0.05, 0.1) is 0 Å². The van der Waals surface area contributed by atoms with E-state index in [2.05, 4.69) is 86.6 Å². The third-order valence-electron chi connectivity index (χ3n) is 5.52. The highest BCUT2D eigenvalue weighted by Crippen LogP contribution is 2.40. The van der Waals surface area contributed by atoms with Gasteiger partial charge in [-0.3, -0.25) is 0 Å². The maximum Gasteiger partial charge on any atom is -0.00238 e. The van der Waals surface area contributed by atoms with Crippen LogP contribution in [0.2, 0.25) is 0 Å². The van der Waals surface area contributed by atoms with E-state index >= 15 is 0 Å². The van der Waals surface area contributed by atoms with E-state index in [9.17, 15) is 0 Å². The maximum absolute atomic E-state index is 2.33. The van der Waals surface area contributed by atoms with E-state index in [0.717, 1.165) is 6.42 Å². The van der Waals surface area contributed by atoms with Crippen molar-refractivity contribution in [3.63, 3.8) is 0 Å². The van der Waals surface area contributed by atoms with Gasteiger partial charge in [0.25, 0.3) is 0 Å². The van der Waals surface area contributed by atoms with Gasteiger partial charge in [-0.2, -0.15) is 0 Å². The maximum atomic E-state index is 2.33. The number of unbranched alkanes of at least 4 members (excludes halogenated alkanes) is 2. The summed E-state index contributed by atoms with van der Waals surface area (Å²) in [6, 6.07) is 26.6. The van der Waals surface area contributed by atoms with E-state index in [4.69, 9.17) is 0 Å². The van der Waals surface area contributed by atoms with Gasteiger partial charge in [-0.25, -0.2) is 0 Å². The molecular formula is C26H26. The molecule has 0 aromatic heterocycles. The minimum absolute atomic E-state index is 1.16. The van der Waals surface area contributed by atoms with E-state index < -0.39 is 0 Å². The molecule has 130 valence electrons. The predicted molar refractivity (Wildman–Crippen MR) is 115 cm³/mol. The topological polar surface area (TPSA) is 0 Å². The average Bonchev–Trinajstić information content (AvgIpc) is 2.70. The fourth-order valence-electron chi connectivity index (χ4n) is 4.19. The molecule has 0 aliphatic carbocycles. The highest BCUT2D eigenvalue weighted by Gasteiger charge is 2.15. The second-order valence-corrected chi connectivity index (χ2v) is 7.21. The van der Waals surface area contributed by atoms with Gasteiger partial charge in [0.2, 0.25) is 0 Å². The molecule has 4 aromatic carbocycles. The zero-order chi connectivity index (χ0) is 17.9. The van der Waals surface area contributed by atoms with E-state index in [-0.39, 0.29) is 0 Å². The summed E-state index contributed by atoms with van der Waals surface area (Å²) in [5.74, 6) is 0. The molecule has 0 bridgehead atoms. The summed E-state index contributed by atoms with van der Waals surface area (Å²) >= 11 is 0. The molecule has 0 spiro atoms. The Bertz CT molecular complexity index is 1040. The summed E-state index contributed by atoms with van der Waals surface area (Å²) in [7, 11) is 0. The van der Waals surface area contributed by atoms with Gasteiger partial charge >= 0.3 is 0 Å². The van der Waals surface area contributed by atoms with Crippen molar-refractivity contribution < 1.29 is 0 Å². The molecule has 0 amide bonds. The monoisotopic (exact) mass is 338 g/mol. The summed E-state index contributed by atoms with van der Waals surface area (Å²) < 4.78 is 0. The van der Waals surface area contributed by atoms with Crippen molar-refractivity contribution in [2.45, 2.75) is 39.5 Å². The quantitative estimate of drug-likeness (QED) is 0.258. The van der Waals surface area contributed by atoms with Crippen LogP contribution < -0.4 is 0 Å². The molecule has 0 saturated carbocycles. The van der Waals surface area contributed by atoms with Crippen LogP contribution in [-0.2, 0) is 6.42 Å². The van der Waals surface area contributed by atoms with Crippen LogP contribution in [0.15, 0.2) is 72.8 Å². The van der Waals surface area contributed by atoms with Crippen LogP contribution in [-0.4, -0.2) is 0 Å². The molecule has 0 unspecified atom stereocenters. The molecule has 0 aliphatic rings. The van der Waals surface area contributed by atoms with Gasteiger partial charge in [0.15, 0.2) is 0 Å². The zero-order valence-electron chi connectivity index (χ0n) is 15.8. The molecule has 4 rings (SSSR count). The summed E-state index contributed by atoms with van der Waals surface area (Å²) in [6.45, 7) is 4.55. The highest BCUT2D eigenvalue weighted by atomic mass is 14.2. The van der Waals surface area contributed by atoms with Crippen LogP contribution >= 0.6 is 0 Å². The number of hydrogen-bond acceptors (Lipinski definition) is 0. The van der Waals surface area contributed by atoms with Crippen LogP contribution in [0, 0.1) is 6.92 Å². The Morgan fingerprint density at radius 2 is 1.35 bits per heavy atom. The fourth-order valence-corrected chi connectivity index (χ4v) is 4.19. The third-order valence-corrected chi connectivity index (χ3v) is 5.52. The minimum atomic E-state index is 1.16. The molecule has 0 saturated heterocycles. The Morgan fingerprint density at radius 1 is 0.654 bits per heavy atom. The summed E-state index contributed by atoms with van der Waals surface area (Å²) in [5, 5.41) is 5.58. The van der Waals surface area contributed by atoms with Gasteiger partial charge in [0, 0.05) is 0 Å². The molecule has 26 heavy (non-hydrogen) atoms. The molecule has 0 atom stereocenters. The Morgan fingerprint density at radius 3 is 2.12 bits per heavy atom. The largest absolute Gasteiger partial charge is 0.0654 e. The predicted octanol–water partition coefficient (Wildman–Crippen LogP) is 7.70. The normalized spacial score (nSPS) is 11.3. The lowest BCUT2D eigenvalue weighted by Crippen LogP contribution is -1.95. The summed E-state index contributed by atoms with van der Waals surface area (Å²) in [5.41, 5.74) is 5.60. The SMILES string of the molecule is CCCCCc1cccc2c(C)c3ccccc3c(-c3ccccc3)c12. The highest BCUT2D eigenvalue weighted by molar-refractivity contribution is 6.15. The molecule has 0 radical (unpaired) electrons. The molecule has 0 fully saturated rings. The first-order chi connectivity index (χ1) is 12.8. The van der Waals surface area contributed by atoms with Gasteiger partial charge < -0.3 is 0 Å². The van der Waals surface area contributed by atoms with Crippen LogP contribution in [0.1, 0.15) is 37.3 Å². The van der Waals surface area contributed by atoms with Crippen molar-refractivity contribution in [2.24, 2.45) is 0 Å². The molecular weight excluding hydrogens is 312 g/mol. The van der Waals surface area contributed by atoms with Crippen molar-refractivity contribution in [1.29, 1.82) is 0 Å². The molecule has 0 N–H and O–H groups in total. The van der Waals surface area contributed by atoms with Gasteiger partial charge in [-0.1, -0.05) is 92.6 Å². The molecule has 0 heterocycles. The van der Waals surface area contributed by atoms with Crippen molar-refractivity contribution in [3.05, 3.63) is 83.9 Å². The number of benzene rings is 4. The van der Waals surface area contributed by atoms with Crippen molar-refractivity contribution in [2.75, 3.05) is 0 Å². The zero-order valence-corrected chi connectivity index (χ0v) is 15.8. The van der Waals surface area contributed by atoms with Crippen molar-refractivity contribution in [3.8, 4) is 11.1 Å². The van der Waals surface area contributed by atoms with Crippen molar-refractivity contribution in [1.82, 2.24) is 0 Å². The van der Waals surface area contributed by atoms with Gasteiger partial charge in [0.1, 0.15) is 0 Å². The van der Waals surface area contributed by atoms with Gasteiger partial charge in [-0.05, 0) is 63.6 Å². The number of fused-ring (bicyclic) bond motifs is 2. The second kappa shape index (κ2) is 7.33. The lowest BCUT2D eigenvalue weighted by Gasteiger charge is -2.18. The Balaban J connectivity index is 2.10. The molecule has 0 heteroatoms. The first kappa shape index (κ1) is 16.8. The minimum Gasteiger partial charge on any atom is -0.0654 e. The summed E-state index contributed by atoms with van der Waals surface area (Å²) in [6.07, 6.45) is 4.97. The Kier molecular flexibility index (Phi) is 4.75. The lowest BCUT2D eigenvalue weighted by atomic mass is 9.86. The standard InChI is InChI=1S/C26H26/c1-3-4-6-12-21-15-11-18-23-19(2)22-16-9-10-17-24(22)26(25(21)23)20-13-7-5-8-14-20/h5,7-11,13-18H,3-4,6,12H2,1-2H3. The fraction of sp³-hybridized carbons (Fsp3) is 0.231. The van der Waals surface area contributed by atoms with Gasteiger partial charge in [-0.15, -0.1) is 0 Å². The van der Waals surface area contributed by atoms with E-state index in [0.29, 0.717) is 0 Å². The lowest BCUT2D eigenvalue weighted by molar-refractivity contribution is 0.720. The average molecular weight is 338 g/mol. The number of aryl methyl sites for hydroxylation is 2. The summed E-state index contributed by atoms with van der Waals surface area (Å²) in [4.78, 5) is 0. The first-order valence-corrected chi connectivity index (χ1v) is 9.79. The Labute approximate surface area is 156 Å². The second-order valence-electron chi connectivity index (χ2n) is 7.21. The third kappa shape index (κ3) is 2.90. The van der Waals surface area contributed by atoms with E-state index in [1.807, 2.05) is 0 Å². The molecule has 0 aliphatic heterocycles. The van der Waals surface area contributed by atoms with E-state index in [1.54, 1.807) is 0 Å². The van der Waals surface area contributed by atoms with Crippen LogP contribution in [0.25, 0.3) is 32.7 Å².